The van der Waals surface area contributed by atoms with E-state index in [1.165, 1.54) is 12.1 Å². The molecule has 29 heavy (non-hydrogen) atoms. The van der Waals surface area contributed by atoms with Gasteiger partial charge in [-0.2, -0.15) is 0 Å². The molecular formula is C23H22O6. The van der Waals surface area contributed by atoms with Crippen molar-refractivity contribution in [1.82, 2.24) is 0 Å². The zero-order chi connectivity index (χ0) is 20.9. The molecule has 0 bridgehead atoms. The van der Waals surface area contributed by atoms with E-state index in [9.17, 15) is 14.4 Å². The lowest BCUT2D eigenvalue weighted by Crippen LogP contribution is -2.23. The Morgan fingerprint density at radius 2 is 1.86 bits per heavy atom. The molecule has 6 heteroatoms. The quantitative estimate of drug-likeness (QED) is 0.224. The molecule has 1 atom stereocenters. The Morgan fingerprint density at radius 3 is 2.48 bits per heavy atom. The molecule has 0 amide bonds. The molecule has 0 aliphatic carbocycles. The monoisotopic (exact) mass is 394 g/mol. The van der Waals surface area contributed by atoms with E-state index in [0.717, 1.165) is 5.56 Å². The van der Waals surface area contributed by atoms with E-state index in [0.29, 0.717) is 24.0 Å². The third kappa shape index (κ3) is 5.18. The zero-order valence-electron chi connectivity index (χ0n) is 16.3. The van der Waals surface area contributed by atoms with Crippen molar-refractivity contribution in [2.45, 2.75) is 19.4 Å². The fourth-order valence-corrected chi connectivity index (χ4v) is 2.67. The van der Waals surface area contributed by atoms with Crippen LogP contribution in [0.5, 0.6) is 5.75 Å². The highest BCUT2D eigenvalue weighted by Gasteiger charge is 2.50. The third-order valence-electron chi connectivity index (χ3n) is 4.47. The van der Waals surface area contributed by atoms with Gasteiger partial charge in [-0.05, 0) is 17.7 Å². The molecule has 1 aliphatic heterocycles. The first-order valence-corrected chi connectivity index (χ1v) is 9.29. The first-order chi connectivity index (χ1) is 13.9. The second-order valence-electron chi connectivity index (χ2n) is 7.08. The van der Waals surface area contributed by atoms with E-state index in [1.54, 1.807) is 32.1 Å². The molecule has 1 fully saturated rings. The second-order valence-corrected chi connectivity index (χ2v) is 7.08. The topological polar surface area (TPSA) is 82.2 Å². The van der Waals surface area contributed by atoms with E-state index >= 15 is 0 Å². The molecule has 3 rings (SSSR count). The lowest BCUT2D eigenvalue weighted by molar-refractivity contribution is -0.140. The Hall–Kier alpha value is -3.25. The van der Waals surface area contributed by atoms with E-state index in [2.05, 4.69) is 0 Å². The molecule has 1 saturated heterocycles. The Balaban J connectivity index is 1.72. The molecule has 1 aliphatic rings. The number of ether oxygens (including phenoxy) is 3. The maximum absolute atomic E-state index is 12.1. The van der Waals surface area contributed by atoms with Crippen LogP contribution in [0, 0.1) is 5.92 Å². The van der Waals surface area contributed by atoms with Crippen LogP contribution in [0.4, 0.5) is 0 Å². The van der Waals surface area contributed by atoms with Crippen LogP contribution in [0.25, 0.3) is 6.08 Å². The highest BCUT2D eigenvalue weighted by molar-refractivity contribution is 5.87. The second kappa shape index (κ2) is 8.84. The maximum Gasteiger partial charge on any atom is 0.330 e. The van der Waals surface area contributed by atoms with Gasteiger partial charge in [-0.3, -0.25) is 9.59 Å². The minimum atomic E-state index is -0.885. The highest BCUT2D eigenvalue weighted by Crippen LogP contribution is 2.44. The summed E-state index contributed by atoms with van der Waals surface area (Å²) in [5.74, 6) is -1.02. The molecule has 0 spiro atoms. The fourth-order valence-electron chi connectivity index (χ4n) is 2.67. The number of aldehydes is 1. The van der Waals surface area contributed by atoms with Crippen LogP contribution in [-0.4, -0.2) is 31.4 Å². The van der Waals surface area contributed by atoms with E-state index in [4.69, 9.17) is 14.2 Å². The van der Waals surface area contributed by atoms with Gasteiger partial charge in [0.2, 0.25) is 0 Å². The Bertz CT molecular complexity index is 926. The molecule has 2 aromatic rings. The Kier molecular flexibility index (Phi) is 6.24. The average Bonchev–Trinajstić information content (AvgIpc) is 3.52. The van der Waals surface area contributed by atoms with Crippen LogP contribution in [0.1, 0.15) is 35.3 Å². The van der Waals surface area contributed by atoms with Crippen molar-refractivity contribution >= 4 is 24.3 Å². The van der Waals surface area contributed by atoms with E-state index < -0.39 is 17.5 Å². The van der Waals surface area contributed by atoms with E-state index in [1.807, 2.05) is 30.3 Å². The number of hydrogen-bond acceptors (Lipinski definition) is 6. The maximum atomic E-state index is 12.1. The minimum absolute atomic E-state index is 0.0301. The molecule has 0 saturated carbocycles. The number of carbonyl (C=O) groups excluding carboxylic acids is 3. The van der Waals surface area contributed by atoms with Crippen molar-refractivity contribution in [1.29, 1.82) is 0 Å². The van der Waals surface area contributed by atoms with Crippen LogP contribution in [0.15, 0.2) is 54.6 Å². The third-order valence-corrected chi connectivity index (χ3v) is 4.47. The molecule has 0 N–H and O–H groups in total. The van der Waals surface area contributed by atoms with Crippen LogP contribution in [-0.2, 0) is 24.7 Å². The van der Waals surface area contributed by atoms with Crippen molar-refractivity contribution < 1.29 is 28.6 Å². The van der Waals surface area contributed by atoms with Gasteiger partial charge in [0.1, 0.15) is 18.6 Å². The van der Waals surface area contributed by atoms with Crippen molar-refractivity contribution in [3.05, 3.63) is 71.3 Å². The van der Waals surface area contributed by atoms with Crippen molar-refractivity contribution in [3.63, 3.8) is 0 Å². The van der Waals surface area contributed by atoms with Gasteiger partial charge in [0.25, 0.3) is 0 Å². The van der Waals surface area contributed by atoms with Gasteiger partial charge >= 0.3 is 11.9 Å². The SMILES string of the molecule is CC(C)C(=O)Oc1cc(C=O)ccc1[C@@]1(COC(=O)/C=C/c2ccccc2)CO1. The van der Waals surface area contributed by atoms with Crippen LogP contribution in [0.3, 0.4) is 0 Å². The zero-order valence-corrected chi connectivity index (χ0v) is 16.3. The first kappa shape index (κ1) is 20.5. The molecule has 2 aromatic carbocycles. The summed E-state index contributed by atoms with van der Waals surface area (Å²) in [6, 6.07) is 14.1. The smallest absolute Gasteiger partial charge is 0.330 e. The summed E-state index contributed by atoms with van der Waals surface area (Å²) < 4.78 is 16.4. The molecule has 0 aromatic heterocycles. The summed E-state index contributed by atoms with van der Waals surface area (Å²) in [6.45, 7) is 3.72. The van der Waals surface area contributed by atoms with Gasteiger partial charge < -0.3 is 14.2 Å². The van der Waals surface area contributed by atoms with Crippen LogP contribution < -0.4 is 4.74 Å². The minimum Gasteiger partial charge on any atom is -0.459 e. The predicted octanol–water partition coefficient (Wildman–Crippen LogP) is 3.54. The molecular weight excluding hydrogens is 372 g/mol. The normalized spacial score (nSPS) is 17.9. The molecule has 150 valence electrons. The summed E-state index contributed by atoms with van der Waals surface area (Å²) in [4.78, 5) is 35.2. The molecule has 0 radical (unpaired) electrons. The number of rotatable bonds is 8. The number of epoxide rings is 1. The summed E-state index contributed by atoms with van der Waals surface area (Å²) in [6.07, 6.45) is 3.68. The standard InChI is InChI=1S/C23H22O6/c1-16(2)22(26)29-20-12-18(13-24)8-10-19(20)23(15-28-23)14-27-21(25)11-9-17-6-4-3-5-7-17/h3-13,16H,14-15H2,1-2H3/b11-9+/t23-/m1/s1. The van der Waals surface area contributed by atoms with Gasteiger partial charge in [0.15, 0.2) is 5.60 Å². The van der Waals surface area contributed by atoms with Gasteiger partial charge in [-0.25, -0.2) is 4.79 Å². The average molecular weight is 394 g/mol. The van der Waals surface area contributed by atoms with Crippen LogP contribution >= 0.6 is 0 Å². The summed E-state index contributed by atoms with van der Waals surface area (Å²) >= 11 is 0. The Labute approximate surface area is 169 Å². The predicted molar refractivity (Wildman–Crippen MR) is 106 cm³/mol. The van der Waals surface area contributed by atoms with Gasteiger partial charge in [-0.1, -0.05) is 56.3 Å². The Morgan fingerprint density at radius 1 is 1.14 bits per heavy atom. The lowest BCUT2D eigenvalue weighted by atomic mass is 9.98. The summed E-state index contributed by atoms with van der Waals surface area (Å²) in [5, 5.41) is 0. The lowest BCUT2D eigenvalue weighted by Gasteiger charge is -2.17. The van der Waals surface area contributed by atoms with Crippen molar-refractivity contribution in [3.8, 4) is 5.75 Å². The van der Waals surface area contributed by atoms with Gasteiger partial charge in [-0.15, -0.1) is 0 Å². The van der Waals surface area contributed by atoms with Crippen molar-refractivity contribution in [2.75, 3.05) is 13.2 Å². The molecule has 6 nitrogen and oxygen atoms in total. The summed E-state index contributed by atoms with van der Waals surface area (Å²) in [5.41, 5.74) is 0.939. The highest BCUT2D eigenvalue weighted by atomic mass is 16.6. The van der Waals surface area contributed by atoms with Crippen LogP contribution in [0.2, 0.25) is 0 Å². The number of hydrogen-bond donors (Lipinski definition) is 0. The summed E-state index contributed by atoms with van der Waals surface area (Å²) in [7, 11) is 0. The number of esters is 2. The first-order valence-electron chi connectivity index (χ1n) is 9.29. The largest absolute Gasteiger partial charge is 0.459 e. The fraction of sp³-hybridized carbons (Fsp3) is 0.261. The van der Waals surface area contributed by atoms with E-state index in [-0.39, 0.29) is 18.3 Å². The number of benzene rings is 2. The number of carbonyl (C=O) groups is 3. The van der Waals surface area contributed by atoms with Crippen molar-refractivity contribution in [2.24, 2.45) is 5.92 Å². The van der Waals surface area contributed by atoms with Gasteiger partial charge in [0.05, 0.1) is 12.5 Å². The van der Waals surface area contributed by atoms with Gasteiger partial charge in [0, 0.05) is 17.2 Å². The molecule has 1 heterocycles. The molecule has 0 unspecified atom stereocenters.